The molecule has 0 unspecified atom stereocenters. The third-order valence-corrected chi connectivity index (χ3v) is 1.98. The summed E-state index contributed by atoms with van der Waals surface area (Å²) in [6.45, 7) is 0. The number of amides is 1. The van der Waals surface area contributed by atoms with Gasteiger partial charge < -0.3 is 4.90 Å². The fourth-order valence-corrected chi connectivity index (χ4v) is 1.21. The molecule has 1 heterocycles. The maximum atomic E-state index is 11.2. The summed E-state index contributed by atoms with van der Waals surface area (Å²) in [6.07, 6.45) is 0. The second-order valence-corrected chi connectivity index (χ2v) is 3.10. The summed E-state index contributed by atoms with van der Waals surface area (Å²) in [5.41, 5.74) is 2.24. The summed E-state index contributed by atoms with van der Waals surface area (Å²) in [5, 5.41) is 7.21. The molecule has 0 spiro atoms. The van der Waals surface area contributed by atoms with Crippen LogP contribution in [-0.2, 0) is 0 Å². The fraction of sp³-hybridized carbons (Fsp3) is 0.222. The summed E-state index contributed by atoms with van der Waals surface area (Å²) < 4.78 is 0. The van der Waals surface area contributed by atoms with Crippen LogP contribution < -0.4 is 4.90 Å². The molecular formula is C9H9N3O. The van der Waals surface area contributed by atoms with Crippen LogP contribution in [-0.4, -0.2) is 20.0 Å². The molecule has 1 aliphatic heterocycles. The number of carbonyl (C=O) groups is 1. The highest BCUT2D eigenvalue weighted by molar-refractivity contribution is 6.02. The second kappa shape index (κ2) is 2.65. The minimum absolute atomic E-state index is 0.251. The number of benzene rings is 1. The topological polar surface area (TPSA) is 45.0 Å². The Labute approximate surface area is 75.9 Å². The van der Waals surface area contributed by atoms with E-state index in [1.165, 1.54) is 0 Å². The van der Waals surface area contributed by atoms with E-state index in [4.69, 9.17) is 0 Å². The molecule has 0 N–H and O–H groups in total. The zero-order valence-electron chi connectivity index (χ0n) is 7.48. The van der Waals surface area contributed by atoms with E-state index >= 15 is 0 Å². The number of rotatable bonds is 1. The molecule has 1 aromatic carbocycles. The van der Waals surface area contributed by atoms with Crippen LogP contribution in [0.3, 0.4) is 0 Å². The molecule has 0 fully saturated rings. The van der Waals surface area contributed by atoms with Gasteiger partial charge in [-0.15, -0.1) is 10.2 Å². The smallest absolute Gasteiger partial charge is 0.297 e. The Kier molecular flexibility index (Phi) is 1.62. The Bertz CT molecular complexity index is 396. The third-order valence-electron chi connectivity index (χ3n) is 1.98. The summed E-state index contributed by atoms with van der Waals surface area (Å²) in [6, 6.07) is 5.52. The Balaban J connectivity index is 2.51. The third kappa shape index (κ3) is 1.20. The van der Waals surface area contributed by atoms with Gasteiger partial charge in [0.25, 0.3) is 5.91 Å². The van der Waals surface area contributed by atoms with E-state index in [9.17, 15) is 4.79 Å². The minimum atomic E-state index is -0.251. The maximum absolute atomic E-state index is 11.2. The maximum Gasteiger partial charge on any atom is 0.297 e. The first-order valence-electron chi connectivity index (χ1n) is 3.96. The van der Waals surface area contributed by atoms with Crippen LogP contribution in [0.4, 0.5) is 11.4 Å². The van der Waals surface area contributed by atoms with Crippen LogP contribution in [0.1, 0.15) is 10.4 Å². The highest BCUT2D eigenvalue weighted by atomic mass is 16.2. The molecule has 0 aliphatic carbocycles. The van der Waals surface area contributed by atoms with Gasteiger partial charge in [-0.3, -0.25) is 4.79 Å². The number of carbonyl (C=O) groups excluding carboxylic acids is 1. The second-order valence-electron chi connectivity index (χ2n) is 3.10. The van der Waals surface area contributed by atoms with Crippen molar-refractivity contribution in [3.63, 3.8) is 0 Å². The molecule has 13 heavy (non-hydrogen) atoms. The van der Waals surface area contributed by atoms with Crippen LogP contribution in [0.2, 0.25) is 0 Å². The predicted octanol–water partition coefficient (Wildman–Crippen LogP) is 1.99. The first-order chi connectivity index (χ1) is 6.18. The van der Waals surface area contributed by atoms with Crippen molar-refractivity contribution in [2.75, 3.05) is 19.0 Å². The molecule has 4 nitrogen and oxygen atoms in total. The van der Waals surface area contributed by atoms with Gasteiger partial charge in [0.2, 0.25) is 0 Å². The Morgan fingerprint density at radius 3 is 2.69 bits per heavy atom. The van der Waals surface area contributed by atoms with Crippen molar-refractivity contribution in [1.29, 1.82) is 0 Å². The van der Waals surface area contributed by atoms with E-state index in [2.05, 4.69) is 10.2 Å². The molecule has 0 aromatic heterocycles. The standard InChI is InChI=1S/C9H9N3O/c1-12(2)6-3-4-8-7(5-6)9(13)11-10-8/h3-5H,1-2H3. The molecule has 0 radical (unpaired) electrons. The zero-order chi connectivity index (χ0) is 9.42. The van der Waals surface area contributed by atoms with Crippen LogP contribution in [0.5, 0.6) is 0 Å². The van der Waals surface area contributed by atoms with Gasteiger partial charge in [-0.2, -0.15) is 0 Å². The van der Waals surface area contributed by atoms with Gasteiger partial charge in [-0.05, 0) is 18.2 Å². The molecule has 66 valence electrons. The van der Waals surface area contributed by atoms with Crippen LogP contribution in [0.25, 0.3) is 0 Å². The quantitative estimate of drug-likeness (QED) is 0.655. The monoisotopic (exact) mass is 175 g/mol. The average Bonchev–Trinajstić information content (AvgIpc) is 2.47. The van der Waals surface area contributed by atoms with Crippen molar-refractivity contribution < 1.29 is 4.79 Å². The number of fused-ring (bicyclic) bond motifs is 1. The van der Waals surface area contributed by atoms with Gasteiger partial charge in [0, 0.05) is 19.8 Å². The lowest BCUT2D eigenvalue weighted by Crippen LogP contribution is -2.08. The highest BCUT2D eigenvalue weighted by Gasteiger charge is 2.17. The van der Waals surface area contributed by atoms with Crippen molar-refractivity contribution in [1.82, 2.24) is 0 Å². The van der Waals surface area contributed by atoms with Gasteiger partial charge in [0.1, 0.15) is 0 Å². The summed E-state index contributed by atoms with van der Waals surface area (Å²) in [7, 11) is 3.85. The number of hydrogen-bond donors (Lipinski definition) is 0. The Hall–Kier alpha value is -1.71. The molecule has 0 bridgehead atoms. The molecular weight excluding hydrogens is 166 g/mol. The number of nitrogens with zero attached hydrogens (tertiary/aromatic N) is 3. The lowest BCUT2D eigenvalue weighted by atomic mass is 10.1. The molecule has 0 saturated carbocycles. The number of hydrogen-bond acceptors (Lipinski definition) is 3. The summed E-state index contributed by atoms with van der Waals surface area (Å²) in [5.74, 6) is -0.251. The van der Waals surface area contributed by atoms with Crippen molar-refractivity contribution in [3.8, 4) is 0 Å². The minimum Gasteiger partial charge on any atom is -0.378 e. The molecule has 4 heteroatoms. The lowest BCUT2D eigenvalue weighted by molar-refractivity contribution is 0.100. The summed E-state index contributed by atoms with van der Waals surface area (Å²) >= 11 is 0. The number of azo groups is 1. The normalized spacial score (nSPS) is 13.2. The first-order valence-corrected chi connectivity index (χ1v) is 3.96. The molecule has 0 atom stereocenters. The van der Waals surface area contributed by atoms with Crippen molar-refractivity contribution in [2.45, 2.75) is 0 Å². The molecule has 1 aromatic rings. The van der Waals surface area contributed by atoms with Gasteiger partial charge in [0.15, 0.2) is 0 Å². The lowest BCUT2D eigenvalue weighted by Gasteiger charge is -2.12. The van der Waals surface area contributed by atoms with E-state index in [0.29, 0.717) is 11.3 Å². The van der Waals surface area contributed by atoms with Crippen LogP contribution in [0, 0.1) is 0 Å². The largest absolute Gasteiger partial charge is 0.378 e. The predicted molar refractivity (Wildman–Crippen MR) is 49.6 cm³/mol. The highest BCUT2D eigenvalue weighted by Crippen LogP contribution is 2.29. The van der Waals surface area contributed by atoms with E-state index in [1.54, 1.807) is 12.1 Å². The van der Waals surface area contributed by atoms with Crippen LogP contribution >= 0.6 is 0 Å². The average molecular weight is 175 g/mol. The molecule has 2 rings (SSSR count). The van der Waals surface area contributed by atoms with Gasteiger partial charge >= 0.3 is 0 Å². The number of anilines is 1. The van der Waals surface area contributed by atoms with Crippen molar-refractivity contribution in [2.24, 2.45) is 10.2 Å². The van der Waals surface area contributed by atoms with E-state index in [-0.39, 0.29) is 5.91 Å². The van der Waals surface area contributed by atoms with Crippen molar-refractivity contribution >= 4 is 17.3 Å². The SMILES string of the molecule is CN(C)c1ccc2c(c1)C(=O)N=N2. The van der Waals surface area contributed by atoms with Crippen molar-refractivity contribution in [3.05, 3.63) is 23.8 Å². The van der Waals surface area contributed by atoms with Gasteiger partial charge in [-0.1, -0.05) is 0 Å². The molecule has 1 aliphatic rings. The Morgan fingerprint density at radius 2 is 2.00 bits per heavy atom. The molecule has 1 amide bonds. The Morgan fingerprint density at radius 1 is 1.23 bits per heavy atom. The summed E-state index contributed by atoms with van der Waals surface area (Å²) in [4.78, 5) is 13.1. The first kappa shape index (κ1) is 7.91. The zero-order valence-corrected chi connectivity index (χ0v) is 7.48. The van der Waals surface area contributed by atoms with E-state index in [0.717, 1.165) is 5.69 Å². The van der Waals surface area contributed by atoms with Gasteiger partial charge in [0.05, 0.1) is 11.3 Å². The molecule has 0 saturated heterocycles. The van der Waals surface area contributed by atoms with E-state index in [1.807, 2.05) is 25.1 Å². The van der Waals surface area contributed by atoms with Gasteiger partial charge in [-0.25, -0.2) is 0 Å². The van der Waals surface area contributed by atoms with Crippen LogP contribution in [0.15, 0.2) is 28.4 Å². The van der Waals surface area contributed by atoms with E-state index < -0.39 is 0 Å². The fourth-order valence-electron chi connectivity index (χ4n) is 1.21.